The van der Waals surface area contributed by atoms with Crippen LogP contribution in [0.25, 0.3) is 0 Å². The number of ether oxygens (including phenoxy) is 1. The van der Waals surface area contributed by atoms with E-state index >= 15 is 0 Å². The second-order valence-electron chi connectivity index (χ2n) is 5.39. The van der Waals surface area contributed by atoms with Crippen LogP contribution in [0, 0.1) is 0 Å². The van der Waals surface area contributed by atoms with Crippen LogP contribution in [0.15, 0.2) is 54.6 Å². The Bertz CT molecular complexity index is 840. The van der Waals surface area contributed by atoms with Crippen molar-refractivity contribution in [1.29, 1.82) is 0 Å². The number of sulfonamides is 1. The maximum Gasteiger partial charge on any atom is 0.246 e. The van der Waals surface area contributed by atoms with Crippen LogP contribution in [0.5, 0.6) is 11.5 Å². The molecule has 0 spiro atoms. The molecule has 2 atom stereocenters. The lowest BCUT2D eigenvalue weighted by Gasteiger charge is -2.27. The summed E-state index contributed by atoms with van der Waals surface area (Å²) in [6.07, 6.45) is -1.24. The van der Waals surface area contributed by atoms with Gasteiger partial charge >= 0.3 is 0 Å². The number of hydrogen-bond donors (Lipinski definition) is 4. The van der Waals surface area contributed by atoms with E-state index < -0.39 is 27.5 Å². The molecule has 1 heterocycles. The maximum absolute atomic E-state index is 12.3. The normalized spacial score (nSPS) is 20.6. The lowest BCUT2D eigenvalue weighted by molar-refractivity contribution is -0.126. The second-order valence-corrected chi connectivity index (χ2v) is 7.26. The Morgan fingerprint density at radius 3 is 2.32 bits per heavy atom. The number of carbonyl (C=O) groups excluding carboxylic acids is 1. The van der Waals surface area contributed by atoms with Gasteiger partial charge in [0, 0.05) is 12.2 Å². The van der Waals surface area contributed by atoms with Gasteiger partial charge in [0.1, 0.15) is 11.5 Å². The van der Waals surface area contributed by atoms with Gasteiger partial charge in [-0.1, -0.05) is 18.2 Å². The minimum atomic E-state index is -3.96. The molecule has 0 radical (unpaired) electrons. The van der Waals surface area contributed by atoms with Gasteiger partial charge in [-0.3, -0.25) is 14.8 Å². The largest absolute Gasteiger partial charge is 0.457 e. The lowest BCUT2D eigenvalue weighted by Crippen LogP contribution is -2.61. The molecule has 0 aromatic heterocycles. The van der Waals surface area contributed by atoms with Crippen LogP contribution < -0.4 is 20.1 Å². The van der Waals surface area contributed by atoms with Crippen LogP contribution in [-0.4, -0.2) is 37.6 Å². The average Bonchev–Trinajstić information content (AvgIpc) is 2.57. The zero-order chi connectivity index (χ0) is 17.9. The number of amides is 1. The maximum atomic E-state index is 12.3. The molecule has 2 aromatic rings. The van der Waals surface area contributed by atoms with Gasteiger partial charge in [-0.15, -0.1) is 0 Å². The number of rotatable bonds is 5. The van der Waals surface area contributed by atoms with Gasteiger partial charge in [0.25, 0.3) is 0 Å². The number of aliphatic hydroxyl groups is 1. The first-order valence-electron chi connectivity index (χ1n) is 7.50. The Morgan fingerprint density at radius 2 is 1.68 bits per heavy atom. The summed E-state index contributed by atoms with van der Waals surface area (Å²) in [6.45, 7) is -0.183. The number of aliphatic hydroxyl groups excluding tert-OH is 1. The van der Waals surface area contributed by atoms with Crippen LogP contribution in [0.3, 0.4) is 0 Å². The molecule has 1 saturated heterocycles. The van der Waals surface area contributed by atoms with Crippen molar-refractivity contribution in [1.82, 2.24) is 10.6 Å². The van der Waals surface area contributed by atoms with Crippen LogP contribution >= 0.6 is 0 Å². The van der Waals surface area contributed by atoms with Gasteiger partial charge in [-0.25, -0.2) is 8.42 Å². The molecular weight excluding hydrogens is 346 g/mol. The summed E-state index contributed by atoms with van der Waals surface area (Å²) in [6, 6.07) is 15.5. The molecule has 8 nitrogen and oxygen atoms in total. The standard InChI is InChI=1S/C16H17N3O5S/c20-15-14(10-17-16(21)18-15)25(22,23)19-11-6-8-13(9-7-11)24-12-4-2-1-3-5-12/h1-9,14,16-17,19,21H,10H2,(H,18,20). The molecule has 0 bridgehead atoms. The highest BCUT2D eigenvalue weighted by Gasteiger charge is 2.37. The van der Waals surface area contributed by atoms with Crippen molar-refractivity contribution in [3.63, 3.8) is 0 Å². The first kappa shape index (κ1) is 17.2. The van der Waals surface area contributed by atoms with E-state index in [-0.39, 0.29) is 6.54 Å². The van der Waals surface area contributed by atoms with Crippen molar-refractivity contribution < 1.29 is 23.1 Å². The van der Waals surface area contributed by atoms with Crippen molar-refractivity contribution >= 4 is 21.6 Å². The molecule has 9 heteroatoms. The molecule has 1 aliphatic rings. The minimum Gasteiger partial charge on any atom is -0.457 e. The summed E-state index contributed by atoms with van der Waals surface area (Å²) in [7, 11) is -3.96. The highest BCUT2D eigenvalue weighted by molar-refractivity contribution is 7.94. The SMILES string of the molecule is O=C1NC(O)NCC1S(=O)(=O)Nc1ccc(Oc2ccccc2)cc1. The summed E-state index contributed by atoms with van der Waals surface area (Å²) in [5, 5.41) is 12.5. The Balaban J connectivity index is 1.67. The van der Waals surface area contributed by atoms with Gasteiger partial charge in [0.15, 0.2) is 11.6 Å². The third-order valence-electron chi connectivity index (χ3n) is 3.54. The third kappa shape index (κ3) is 4.27. The predicted molar refractivity (Wildman–Crippen MR) is 91.4 cm³/mol. The fourth-order valence-electron chi connectivity index (χ4n) is 2.29. The van der Waals surface area contributed by atoms with Crippen LogP contribution in [0.1, 0.15) is 0 Å². The molecule has 1 amide bonds. The number of benzene rings is 2. The minimum absolute atomic E-state index is 0.183. The summed E-state index contributed by atoms with van der Waals surface area (Å²) in [4.78, 5) is 11.7. The van der Waals surface area contributed by atoms with Crippen molar-refractivity contribution in [3.05, 3.63) is 54.6 Å². The molecule has 2 aromatic carbocycles. The highest BCUT2D eigenvalue weighted by Crippen LogP contribution is 2.23. The zero-order valence-corrected chi connectivity index (χ0v) is 13.9. The summed E-state index contributed by atoms with van der Waals surface area (Å²) < 4.78 is 32.6. The van der Waals surface area contributed by atoms with E-state index in [9.17, 15) is 18.3 Å². The summed E-state index contributed by atoms with van der Waals surface area (Å²) in [5.74, 6) is 0.455. The molecule has 4 N–H and O–H groups in total. The van der Waals surface area contributed by atoms with E-state index in [2.05, 4.69) is 15.4 Å². The number of anilines is 1. The van der Waals surface area contributed by atoms with Gasteiger partial charge in [0.2, 0.25) is 15.9 Å². The topological polar surface area (TPSA) is 117 Å². The molecule has 25 heavy (non-hydrogen) atoms. The number of para-hydroxylation sites is 1. The zero-order valence-electron chi connectivity index (χ0n) is 13.0. The van der Waals surface area contributed by atoms with E-state index in [0.29, 0.717) is 17.2 Å². The van der Waals surface area contributed by atoms with Gasteiger partial charge in [-0.2, -0.15) is 0 Å². The van der Waals surface area contributed by atoms with Crippen molar-refractivity contribution in [2.24, 2.45) is 0 Å². The van der Waals surface area contributed by atoms with Gasteiger partial charge in [-0.05, 0) is 36.4 Å². The molecule has 2 unspecified atom stereocenters. The average molecular weight is 363 g/mol. The second kappa shape index (κ2) is 7.09. The van der Waals surface area contributed by atoms with E-state index in [1.807, 2.05) is 18.2 Å². The van der Waals surface area contributed by atoms with E-state index in [1.165, 1.54) is 0 Å². The smallest absolute Gasteiger partial charge is 0.246 e. The lowest BCUT2D eigenvalue weighted by atomic mass is 10.3. The van der Waals surface area contributed by atoms with Crippen molar-refractivity contribution in [2.45, 2.75) is 11.6 Å². The van der Waals surface area contributed by atoms with Crippen LogP contribution in [-0.2, 0) is 14.8 Å². The van der Waals surface area contributed by atoms with Crippen molar-refractivity contribution in [2.75, 3.05) is 11.3 Å². The molecule has 0 aliphatic carbocycles. The molecular formula is C16H17N3O5S. The van der Waals surface area contributed by atoms with E-state index in [1.54, 1.807) is 36.4 Å². The first-order valence-corrected chi connectivity index (χ1v) is 9.05. The summed E-state index contributed by atoms with van der Waals surface area (Å²) in [5.41, 5.74) is 0.305. The highest BCUT2D eigenvalue weighted by atomic mass is 32.2. The number of carbonyl (C=O) groups is 1. The molecule has 132 valence electrons. The van der Waals surface area contributed by atoms with Gasteiger partial charge in [0.05, 0.1) is 0 Å². The van der Waals surface area contributed by atoms with Gasteiger partial charge < -0.3 is 15.2 Å². The predicted octanol–water partition coefficient (Wildman–Crippen LogP) is 0.585. The van der Waals surface area contributed by atoms with Crippen LogP contribution in [0.2, 0.25) is 0 Å². The molecule has 0 saturated carbocycles. The fraction of sp³-hybridized carbons (Fsp3) is 0.188. The van der Waals surface area contributed by atoms with E-state index in [4.69, 9.17) is 4.74 Å². The van der Waals surface area contributed by atoms with Crippen molar-refractivity contribution in [3.8, 4) is 11.5 Å². The monoisotopic (exact) mass is 363 g/mol. The third-order valence-corrected chi connectivity index (χ3v) is 5.19. The van der Waals surface area contributed by atoms with Crippen LogP contribution in [0.4, 0.5) is 5.69 Å². The Morgan fingerprint density at radius 1 is 1.04 bits per heavy atom. The quantitative estimate of drug-likeness (QED) is 0.618. The first-order chi connectivity index (χ1) is 11.9. The number of nitrogens with one attached hydrogen (secondary N) is 3. The Labute approximate surface area is 144 Å². The molecule has 3 rings (SSSR count). The fourth-order valence-corrected chi connectivity index (χ4v) is 3.56. The Kier molecular flexibility index (Phi) is 4.88. The Hall–Kier alpha value is -2.62. The molecule has 1 aliphatic heterocycles. The summed E-state index contributed by atoms with van der Waals surface area (Å²) >= 11 is 0. The molecule has 1 fully saturated rings. The number of hydrogen-bond acceptors (Lipinski definition) is 6. The van der Waals surface area contributed by atoms with E-state index in [0.717, 1.165) is 0 Å².